The number of halogens is 1. The molecule has 2 aromatic carbocycles. The van der Waals surface area contributed by atoms with Gasteiger partial charge in [0, 0.05) is 9.86 Å². The van der Waals surface area contributed by atoms with E-state index >= 15 is 0 Å². The molecule has 0 saturated carbocycles. The highest BCUT2D eigenvalue weighted by Crippen LogP contribution is 2.28. The van der Waals surface area contributed by atoms with Crippen molar-refractivity contribution in [1.82, 2.24) is 0 Å². The van der Waals surface area contributed by atoms with E-state index in [1.807, 2.05) is 18.2 Å². The molecular formula is C10H7BrO4S. The molecule has 84 valence electrons. The fraction of sp³-hybridized carbons (Fsp3) is 0. The van der Waals surface area contributed by atoms with Crippen molar-refractivity contribution in [2.75, 3.05) is 0 Å². The van der Waals surface area contributed by atoms with Crippen LogP contribution in [0.4, 0.5) is 0 Å². The summed E-state index contributed by atoms with van der Waals surface area (Å²) in [6, 6.07) is 10.3. The normalized spacial score (nSPS) is 11.6. The van der Waals surface area contributed by atoms with Crippen LogP contribution in [0.3, 0.4) is 0 Å². The molecule has 0 aliphatic heterocycles. The second-order valence-corrected chi connectivity index (χ2v) is 5.07. The lowest BCUT2D eigenvalue weighted by molar-refractivity contribution is 0.388. The molecule has 2 aromatic rings. The van der Waals surface area contributed by atoms with Gasteiger partial charge in [0.15, 0.2) is 5.75 Å². The second kappa shape index (κ2) is 4.04. The van der Waals surface area contributed by atoms with Gasteiger partial charge in [-0.25, -0.2) is 0 Å². The van der Waals surface area contributed by atoms with Crippen LogP contribution in [0.15, 0.2) is 40.9 Å². The fourth-order valence-electron chi connectivity index (χ4n) is 1.40. The molecule has 0 unspecified atom stereocenters. The summed E-state index contributed by atoms with van der Waals surface area (Å²) < 4.78 is 35.2. The first-order valence-electron chi connectivity index (χ1n) is 4.31. The average Bonchev–Trinajstić information content (AvgIpc) is 2.17. The lowest BCUT2D eigenvalue weighted by atomic mass is 10.1. The third-order valence-electron chi connectivity index (χ3n) is 2.00. The van der Waals surface area contributed by atoms with Crippen molar-refractivity contribution in [2.45, 2.75) is 0 Å². The average molecular weight is 303 g/mol. The van der Waals surface area contributed by atoms with Crippen molar-refractivity contribution in [3.8, 4) is 5.75 Å². The van der Waals surface area contributed by atoms with E-state index in [0.717, 1.165) is 9.86 Å². The fourth-order valence-corrected chi connectivity index (χ4v) is 2.14. The van der Waals surface area contributed by atoms with E-state index < -0.39 is 10.4 Å². The lowest BCUT2D eigenvalue weighted by Crippen LogP contribution is -2.06. The highest BCUT2D eigenvalue weighted by Gasteiger charge is 2.10. The summed E-state index contributed by atoms with van der Waals surface area (Å²) in [5.41, 5.74) is 0. The molecule has 16 heavy (non-hydrogen) atoms. The molecule has 1 N–H and O–H groups in total. The smallest absolute Gasteiger partial charge is 0.361 e. The largest absolute Gasteiger partial charge is 0.446 e. The predicted octanol–water partition coefficient (Wildman–Crippen LogP) is 2.78. The van der Waals surface area contributed by atoms with Crippen LogP contribution in [0.1, 0.15) is 0 Å². The van der Waals surface area contributed by atoms with Gasteiger partial charge in [-0.15, -0.1) is 0 Å². The summed E-state index contributed by atoms with van der Waals surface area (Å²) in [5.74, 6) is 0.0984. The van der Waals surface area contributed by atoms with Crippen LogP contribution in [0.5, 0.6) is 5.75 Å². The van der Waals surface area contributed by atoms with Gasteiger partial charge in [-0.2, -0.15) is 8.42 Å². The Morgan fingerprint density at radius 1 is 1.19 bits per heavy atom. The number of rotatable bonds is 2. The molecule has 0 aromatic heterocycles. The Bertz CT molecular complexity index is 636. The van der Waals surface area contributed by atoms with E-state index in [9.17, 15) is 8.42 Å². The molecule has 0 aliphatic carbocycles. The Kier molecular flexibility index (Phi) is 2.88. The van der Waals surface area contributed by atoms with Crippen molar-refractivity contribution < 1.29 is 17.2 Å². The molecule has 4 nitrogen and oxygen atoms in total. The van der Waals surface area contributed by atoms with Crippen LogP contribution in [0, 0.1) is 0 Å². The maximum atomic E-state index is 10.7. The second-order valence-electron chi connectivity index (χ2n) is 3.13. The first kappa shape index (κ1) is 11.4. The minimum Gasteiger partial charge on any atom is -0.361 e. The molecule has 0 fully saturated rings. The van der Waals surface area contributed by atoms with Crippen LogP contribution < -0.4 is 4.18 Å². The van der Waals surface area contributed by atoms with Gasteiger partial charge in [0.05, 0.1) is 0 Å². The highest BCUT2D eigenvalue weighted by molar-refractivity contribution is 9.10. The minimum absolute atomic E-state index is 0.0984. The van der Waals surface area contributed by atoms with E-state index in [1.54, 1.807) is 12.1 Å². The van der Waals surface area contributed by atoms with Crippen LogP contribution in [0.25, 0.3) is 10.8 Å². The van der Waals surface area contributed by atoms with Gasteiger partial charge in [0.25, 0.3) is 0 Å². The van der Waals surface area contributed by atoms with Crippen molar-refractivity contribution >= 4 is 37.1 Å². The SMILES string of the molecule is O=S(=O)(O)Oc1cccc2ccc(Br)cc12. The first-order chi connectivity index (χ1) is 7.46. The Hall–Kier alpha value is -1.11. The Morgan fingerprint density at radius 2 is 1.94 bits per heavy atom. The summed E-state index contributed by atoms with van der Waals surface area (Å²) in [6.45, 7) is 0. The Balaban J connectivity index is 2.65. The summed E-state index contributed by atoms with van der Waals surface area (Å²) in [6.07, 6.45) is 0. The van der Waals surface area contributed by atoms with Gasteiger partial charge < -0.3 is 4.18 Å². The molecular weight excluding hydrogens is 296 g/mol. The molecule has 0 atom stereocenters. The number of fused-ring (bicyclic) bond motifs is 1. The molecule has 0 aliphatic rings. The Labute approximate surface area is 101 Å². The molecule has 0 radical (unpaired) electrons. The summed E-state index contributed by atoms with van der Waals surface area (Å²) >= 11 is 3.28. The van der Waals surface area contributed by atoms with E-state index in [4.69, 9.17) is 4.55 Å². The number of hydrogen-bond acceptors (Lipinski definition) is 3. The highest BCUT2D eigenvalue weighted by atomic mass is 79.9. The molecule has 0 amide bonds. The van der Waals surface area contributed by atoms with Crippen molar-refractivity contribution in [2.24, 2.45) is 0 Å². The molecule has 0 heterocycles. The molecule has 0 saturated heterocycles. The van der Waals surface area contributed by atoms with Crippen LogP contribution in [-0.4, -0.2) is 13.0 Å². The summed E-state index contributed by atoms with van der Waals surface area (Å²) in [7, 11) is -4.50. The summed E-state index contributed by atoms with van der Waals surface area (Å²) in [4.78, 5) is 0. The van der Waals surface area contributed by atoms with Crippen molar-refractivity contribution in [1.29, 1.82) is 0 Å². The molecule has 0 bridgehead atoms. The van der Waals surface area contributed by atoms with Gasteiger partial charge in [0.2, 0.25) is 0 Å². The van der Waals surface area contributed by atoms with E-state index in [-0.39, 0.29) is 5.75 Å². The zero-order valence-corrected chi connectivity index (χ0v) is 10.3. The molecule has 0 spiro atoms. The standard InChI is InChI=1S/C10H7BrO4S/c11-8-5-4-7-2-1-3-10(9(7)6-8)15-16(12,13)14/h1-6H,(H,12,13,14). The third kappa shape index (κ3) is 2.52. The quantitative estimate of drug-likeness (QED) is 0.867. The van der Waals surface area contributed by atoms with Gasteiger partial charge in [-0.3, -0.25) is 4.55 Å². The summed E-state index contributed by atoms with van der Waals surface area (Å²) in [5, 5.41) is 1.43. The van der Waals surface area contributed by atoms with E-state index in [2.05, 4.69) is 20.1 Å². The van der Waals surface area contributed by atoms with Gasteiger partial charge in [0.1, 0.15) is 0 Å². The lowest BCUT2D eigenvalue weighted by Gasteiger charge is -2.05. The first-order valence-corrected chi connectivity index (χ1v) is 6.47. The third-order valence-corrected chi connectivity index (χ3v) is 2.88. The number of benzene rings is 2. The van der Waals surface area contributed by atoms with Crippen LogP contribution >= 0.6 is 15.9 Å². The molecule has 6 heteroatoms. The zero-order valence-electron chi connectivity index (χ0n) is 7.92. The minimum atomic E-state index is -4.50. The maximum absolute atomic E-state index is 10.7. The van der Waals surface area contributed by atoms with Crippen LogP contribution in [0.2, 0.25) is 0 Å². The van der Waals surface area contributed by atoms with Gasteiger partial charge >= 0.3 is 10.4 Å². The van der Waals surface area contributed by atoms with Gasteiger partial charge in [-0.05, 0) is 23.6 Å². The van der Waals surface area contributed by atoms with Crippen LogP contribution in [-0.2, 0) is 10.4 Å². The van der Waals surface area contributed by atoms with E-state index in [1.165, 1.54) is 6.07 Å². The zero-order chi connectivity index (χ0) is 11.8. The topological polar surface area (TPSA) is 63.6 Å². The maximum Gasteiger partial charge on any atom is 0.446 e. The van der Waals surface area contributed by atoms with Crippen molar-refractivity contribution in [3.63, 3.8) is 0 Å². The molecule has 2 rings (SSSR count). The van der Waals surface area contributed by atoms with Crippen molar-refractivity contribution in [3.05, 3.63) is 40.9 Å². The van der Waals surface area contributed by atoms with Gasteiger partial charge in [-0.1, -0.05) is 34.1 Å². The van der Waals surface area contributed by atoms with E-state index in [0.29, 0.717) is 5.39 Å². The monoisotopic (exact) mass is 302 g/mol. The predicted molar refractivity (Wildman–Crippen MR) is 63.8 cm³/mol. The number of hydrogen-bond donors (Lipinski definition) is 1. The Morgan fingerprint density at radius 3 is 2.62 bits per heavy atom.